The van der Waals surface area contributed by atoms with Crippen molar-refractivity contribution in [3.63, 3.8) is 0 Å². The quantitative estimate of drug-likeness (QED) is 0.0212. The first-order chi connectivity index (χ1) is 38.4. The number of allylic oxidation sites excluding steroid dienone is 3. The lowest BCUT2D eigenvalue weighted by atomic mass is 10.0. The Morgan fingerprint density at radius 3 is 1.08 bits per heavy atom. The summed E-state index contributed by atoms with van der Waals surface area (Å²) in [5.41, 5.74) is 0. The van der Waals surface area contributed by atoms with Crippen molar-refractivity contribution in [1.82, 2.24) is 5.32 Å². The minimum atomic E-state index is -4.69. The van der Waals surface area contributed by atoms with Crippen LogP contribution in [0.1, 0.15) is 355 Å². The molecular formula is C69H135N2O7P. The van der Waals surface area contributed by atoms with Gasteiger partial charge in [-0.3, -0.25) is 14.2 Å². The zero-order valence-electron chi connectivity index (χ0n) is 53.6. The maximum Gasteiger partial charge on any atom is 0.306 e. The normalized spacial score (nSPS) is 13.7. The third kappa shape index (κ3) is 60.9. The summed E-state index contributed by atoms with van der Waals surface area (Å²) in [6.45, 7) is 6.89. The van der Waals surface area contributed by atoms with E-state index in [2.05, 4.69) is 38.2 Å². The summed E-state index contributed by atoms with van der Waals surface area (Å²) in [5.74, 6) is -0.520. The lowest BCUT2D eigenvalue weighted by Crippen LogP contribution is -2.47. The lowest BCUT2D eigenvalue weighted by molar-refractivity contribution is -0.870. The van der Waals surface area contributed by atoms with Gasteiger partial charge in [0.1, 0.15) is 19.3 Å². The van der Waals surface area contributed by atoms with Crippen molar-refractivity contribution in [2.75, 3.05) is 40.9 Å². The Kier molecular flexibility index (Phi) is 58.5. The van der Waals surface area contributed by atoms with Crippen LogP contribution < -0.4 is 10.2 Å². The number of quaternary nitrogens is 1. The fourth-order valence-corrected chi connectivity index (χ4v) is 11.2. The molecule has 0 rings (SSSR count). The van der Waals surface area contributed by atoms with Crippen molar-refractivity contribution >= 4 is 19.7 Å². The molecule has 0 saturated heterocycles. The molecule has 0 bridgehead atoms. The monoisotopic (exact) mass is 1140 g/mol. The lowest BCUT2D eigenvalue weighted by Gasteiger charge is -2.30. The average molecular weight is 1140 g/mol. The zero-order valence-corrected chi connectivity index (χ0v) is 54.5. The highest BCUT2D eigenvalue weighted by Crippen LogP contribution is 2.38. The number of esters is 1. The van der Waals surface area contributed by atoms with E-state index in [0.29, 0.717) is 17.4 Å². The number of amides is 1. The molecule has 3 unspecified atom stereocenters. The van der Waals surface area contributed by atoms with Gasteiger partial charge in [0.05, 0.1) is 33.8 Å². The predicted molar refractivity (Wildman–Crippen MR) is 340 cm³/mol. The van der Waals surface area contributed by atoms with Crippen LogP contribution in [0.2, 0.25) is 0 Å². The summed E-state index contributed by atoms with van der Waals surface area (Å²) < 4.78 is 30.4. The molecule has 0 aliphatic rings. The van der Waals surface area contributed by atoms with Gasteiger partial charge in [0.25, 0.3) is 7.82 Å². The van der Waals surface area contributed by atoms with E-state index in [1.165, 1.54) is 263 Å². The number of unbranched alkanes of at least 4 members (excludes halogenated alkanes) is 46. The third-order valence-electron chi connectivity index (χ3n) is 15.9. The minimum Gasteiger partial charge on any atom is -0.756 e. The second-order valence-corrected chi connectivity index (χ2v) is 26.5. The van der Waals surface area contributed by atoms with Crippen LogP contribution in [-0.2, 0) is 27.9 Å². The molecule has 0 saturated carbocycles. The van der Waals surface area contributed by atoms with Crippen molar-refractivity contribution in [2.45, 2.75) is 367 Å². The maximum atomic E-state index is 13.5. The van der Waals surface area contributed by atoms with E-state index in [9.17, 15) is 19.0 Å². The average Bonchev–Trinajstić information content (AvgIpc) is 3.41. The van der Waals surface area contributed by atoms with Gasteiger partial charge in [-0.1, -0.05) is 309 Å². The molecule has 0 heterocycles. The van der Waals surface area contributed by atoms with Crippen LogP contribution in [0.5, 0.6) is 0 Å². The summed E-state index contributed by atoms with van der Waals surface area (Å²) in [5, 5.41) is 3.04. The standard InChI is InChI=1S/C69H135N2O7P/c1-7-10-13-16-19-22-25-27-29-30-31-32-33-34-35-36-37-38-39-40-42-44-47-50-53-56-59-62-69(73)78-67(60-57-54-51-48-45-24-21-18-15-12-9-3)66(65-77-79(74,75)76-64-63-71(4,5)6)70-68(72)61-58-55-52-49-46-43-41-28-26-23-20-17-14-11-8-2/h27,29,57,60,66-67H,7-26,28,30-56,58-59,61-65H2,1-6H3,(H-,70,72,74,75)/b29-27+,60-57-. The molecule has 0 aromatic rings. The van der Waals surface area contributed by atoms with Gasteiger partial charge in [-0.05, 0) is 57.4 Å². The summed E-state index contributed by atoms with van der Waals surface area (Å²) in [6, 6.07) is -0.881. The van der Waals surface area contributed by atoms with Crippen LogP contribution in [-0.4, -0.2) is 69.4 Å². The highest BCUT2D eigenvalue weighted by molar-refractivity contribution is 7.45. The molecule has 9 nitrogen and oxygen atoms in total. The molecule has 468 valence electrons. The highest BCUT2D eigenvalue weighted by atomic mass is 31.2. The molecule has 0 fully saturated rings. The highest BCUT2D eigenvalue weighted by Gasteiger charge is 2.27. The first-order valence-corrected chi connectivity index (χ1v) is 36.1. The second-order valence-electron chi connectivity index (χ2n) is 25.0. The molecule has 0 aromatic carbocycles. The Bertz CT molecular complexity index is 1400. The van der Waals surface area contributed by atoms with Gasteiger partial charge in [0.2, 0.25) is 5.91 Å². The Balaban J connectivity index is 4.93. The number of nitrogens with one attached hydrogen (secondary N) is 1. The zero-order chi connectivity index (χ0) is 57.9. The van der Waals surface area contributed by atoms with Gasteiger partial charge in [-0.15, -0.1) is 0 Å². The first kappa shape index (κ1) is 77.5. The number of nitrogens with zero attached hydrogens (tertiary/aromatic N) is 1. The smallest absolute Gasteiger partial charge is 0.306 e. The number of carbonyl (C=O) groups is 2. The van der Waals surface area contributed by atoms with Gasteiger partial charge in [0, 0.05) is 12.8 Å². The molecule has 79 heavy (non-hydrogen) atoms. The summed E-state index contributed by atoms with van der Waals surface area (Å²) in [4.78, 5) is 40.0. The molecule has 1 amide bonds. The topological polar surface area (TPSA) is 114 Å². The number of carbonyl (C=O) groups excluding carboxylic acids is 2. The van der Waals surface area contributed by atoms with Crippen molar-refractivity contribution in [3.05, 3.63) is 24.3 Å². The molecule has 0 aliphatic heterocycles. The van der Waals surface area contributed by atoms with Crippen molar-refractivity contribution in [1.29, 1.82) is 0 Å². The van der Waals surface area contributed by atoms with Crippen LogP contribution in [0.15, 0.2) is 24.3 Å². The molecule has 0 aliphatic carbocycles. The van der Waals surface area contributed by atoms with E-state index in [1.54, 1.807) is 0 Å². The Hall–Kier alpha value is -1.51. The fraction of sp³-hybridized carbons (Fsp3) is 0.913. The van der Waals surface area contributed by atoms with Gasteiger partial charge in [0.15, 0.2) is 0 Å². The predicted octanol–water partition coefficient (Wildman–Crippen LogP) is 21.0. The number of phosphoric acid groups is 1. The van der Waals surface area contributed by atoms with E-state index in [-0.39, 0.29) is 31.5 Å². The maximum absolute atomic E-state index is 13.5. The number of rotatable bonds is 64. The van der Waals surface area contributed by atoms with E-state index in [4.69, 9.17) is 13.8 Å². The van der Waals surface area contributed by atoms with Gasteiger partial charge in [-0.2, -0.15) is 0 Å². The number of likely N-dealkylation sites (N-methyl/N-ethyl adjacent to an activating group) is 1. The van der Waals surface area contributed by atoms with Crippen LogP contribution in [0.3, 0.4) is 0 Å². The Labute approximate surface area is 492 Å². The van der Waals surface area contributed by atoms with Crippen molar-refractivity contribution in [3.8, 4) is 0 Å². The number of ether oxygens (including phenoxy) is 1. The molecule has 10 heteroatoms. The first-order valence-electron chi connectivity index (χ1n) is 34.6. The number of hydrogen-bond acceptors (Lipinski definition) is 7. The SMILES string of the molecule is CCCCCCCC/C=C/CCCCCCCCCCCCCCCCCCCC(=O)OC(/C=C\CCCCCCCCCCC)C(COP(=O)([O-])OCC[N+](C)(C)C)NC(=O)CCCCCCCCCCCCCCCCC. The van der Waals surface area contributed by atoms with Gasteiger partial charge < -0.3 is 28.5 Å². The van der Waals surface area contributed by atoms with Crippen LogP contribution in [0, 0.1) is 0 Å². The number of hydrogen-bond donors (Lipinski definition) is 1. The van der Waals surface area contributed by atoms with Crippen LogP contribution >= 0.6 is 7.82 Å². The molecule has 0 aromatic heterocycles. The van der Waals surface area contributed by atoms with Crippen LogP contribution in [0.4, 0.5) is 0 Å². The summed E-state index contributed by atoms with van der Waals surface area (Å²) in [6.07, 6.45) is 71.6. The number of phosphoric ester groups is 1. The van der Waals surface area contributed by atoms with E-state index >= 15 is 0 Å². The van der Waals surface area contributed by atoms with Gasteiger partial charge >= 0.3 is 5.97 Å². The molecule has 0 radical (unpaired) electrons. The fourth-order valence-electron chi connectivity index (χ4n) is 10.5. The molecule has 0 spiro atoms. The van der Waals surface area contributed by atoms with E-state index < -0.39 is 20.0 Å². The summed E-state index contributed by atoms with van der Waals surface area (Å²) in [7, 11) is 1.21. The molecular weight excluding hydrogens is 1000 g/mol. The van der Waals surface area contributed by atoms with Crippen LogP contribution in [0.25, 0.3) is 0 Å². The largest absolute Gasteiger partial charge is 0.756 e. The van der Waals surface area contributed by atoms with E-state index in [0.717, 1.165) is 57.8 Å². The Morgan fingerprint density at radius 2 is 0.734 bits per heavy atom. The molecule has 3 atom stereocenters. The van der Waals surface area contributed by atoms with Gasteiger partial charge in [-0.25, -0.2) is 0 Å². The van der Waals surface area contributed by atoms with E-state index in [1.807, 2.05) is 33.3 Å². The van der Waals surface area contributed by atoms with Crippen molar-refractivity contribution in [2.24, 2.45) is 0 Å². The Morgan fingerprint density at radius 1 is 0.430 bits per heavy atom. The molecule has 1 N–H and O–H groups in total. The third-order valence-corrected chi connectivity index (χ3v) is 16.8. The van der Waals surface area contributed by atoms with Crippen molar-refractivity contribution < 1.29 is 37.3 Å². The summed E-state index contributed by atoms with van der Waals surface area (Å²) >= 11 is 0. The minimum absolute atomic E-state index is 0.0178. The second kappa shape index (κ2) is 59.6.